The van der Waals surface area contributed by atoms with Crippen LogP contribution in [0.25, 0.3) is 44.5 Å². The molecule has 0 saturated carbocycles. The standard InChI is InChI=1S/C30H22/c1-3-9-23(10-4-1)25-17-19-26(20-18-25)28-14-8-16-30(22-28)29-15-7-13-27(21-29)24-11-5-2-6-12-24/h1-22H. The van der Waals surface area contributed by atoms with Crippen molar-refractivity contribution in [2.24, 2.45) is 0 Å². The Morgan fingerprint density at radius 3 is 0.900 bits per heavy atom. The van der Waals surface area contributed by atoms with E-state index in [9.17, 15) is 0 Å². The van der Waals surface area contributed by atoms with E-state index in [1.807, 2.05) is 0 Å². The van der Waals surface area contributed by atoms with Crippen LogP contribution in [0.1, 0.15) is 0 Å². The molecule has 142 valence electrons. The van der Waals surface area contributed by atoms with E-state index in [0.29, 0.717) is 0 Å². The zero-order valence-electron chi connectivity index (χ0n) is 16.7. The third-order valence-electron chi connectivity index (χ3n) is 5.49. The van der Waals surface area contributed by atoms with Crippen LogP contribution in [0.3, 0.4) is 0 Å². The van der Waals surface area contributed by atoms with Crippen molar-refractivity contribution in [1.29, 1.82) is 0 Å². The normalized spacial score (nSPS) is 10.7. The summed E-state index contributed by atoms with van der Waals surface area (Å²) in [6.45, 7) is 0. The van der Waals surface area contributed by atoms with Crippen molar-refractivity contribution in [2.45, 2.75) is 0 Å². The van der Waals surface area contributed by atoms with Gasteiger partial charge < -0.3 is 0 Å². The third-order valence-corrected chi connectivity index (χ3v) is 5.49. The average molecular weight is 383 g/mol. The van der Waals surface area contributed by atoms with Crippen LogP contribution in [-0.2, 0) is 0 Å². The van der Waals surface area contributed by atoms with E-state index >= 15 is 0 Å². The molecular formula is C30H22. The molecule has 0 heterocycles. The quantitative estimate of drug-likeness (QED) is 0.293. The first-order valence-electron chi connectivity index (χ1n) is 10.3. The van der Waals surface area contributed by atoms with Gasteiger partial charge in [0.15, 0.2) is 0 Å². The molecule has 5 aromatic carbocycles. The predicted molar refractivity (Wildman–Crippen MR) is 128 cm³/mol. The van der Waals surface area contributed by atoms with Gasteiger partial charge in [-0.15, -0.1) is 0 Å². The first-order valence-corrected chi connectivity index (χ1v) is 10.3. The average Bonchev–Trinajstić information content (AvgIpc) is 2.85. The minimum atomic E-state index is 1.23. The molecule has 0 unspecified atom stereocenters. The van der Waals surface area contributed by atoms with Gasteiger partial charge in [-0.05, 0) is 56.6 Å². The maximum atomic E-state index is 2.28. The summed E-state index contributed by atoms with van der Waals surface area (Å²) >= 11 is 0. The van der Waals surface area contributed by atoms with Gasteiger partial charge in [0.25, 0.3) is 0 Å². The van der Waals surface area contributed by atoms with Crippen LogP contribution in [0.5, 0.6) is 0 Å². The third kappa shape index (κ3) is 3.81. The largest absolute Gasteiger partial charge is 0.0622 e. The van der Waals surface area contributed by atoms with Crippen molar-refractivity contribution in [2.75, 3.05) is 0 Å². The van der Waals surface area contributed by atoms with E-state index in [1.54, 1.807) is 0 Å². The first-order chi connectivity index (χ1) is 14.9. The molecule has 0 spiro atoms. The number of hydrogen-bond acceptors (Lipinski definition) is 0. The Kier molecular flexibility index (Phi) is 4.98. The summed E-state index contributed by atoms with van der Waals surface area (Å²) in [5.74, 6) is 0. The second kappa shape index (κ2) is 8.23. The van der Waals surface area contributed by atoms with Crippen LogP contribution in [0, 0.1) is 0 Å². The molecule has 0 bridgehead atoms. The van der Waals surface area contributed by atoms with E-state index < -0.39 is 0 Å². The number of hydrogen-bond donors (Lipinski definition) is 0. The molecule has 0 atom stereocenters. The highest BCUT2D eigenvalue weighted by Crippen LogP contribution is 2.30. The highest BCUT2D eigenvalue weighted by atomic mass is 14.1. The maximum absolute atomic E-state index is 2.28. The second-order valence-electron chi connectivity index (χ2n) is 7.47. The van der Waals surface area contributed by atoms with Gasteiger partial charge in [-0.25, -0.2) is 0 Å². The van der Waals surface area contributed by atoms with Gasteiger partial charge in [0, 0.05) is 0 Å². The summed E-state index contributed by atoms with van der Waals surface area (Å²) in [4.78, 5) is 0. The molecule has 0 saturated heterocycles. The minimum absolute atomic E-state index is 1.23. The lowest BCUT2D eigenvalue weighted by atomic mass is 9.95. The highest BCUT2D eigenvalue weighted by molar-refractivity contribution is 5.77. The van der Waals surface area contributed by atoms with E-state index in [4.69, 9.17) is 0 Å². The number of benzene rings is 5. The summed E-state index contributed by atoms with van der Waals surface area (Å²) in [6, 6.07) is 47.4. The summed E-state index contributed by atoms with van der Waals surface area (Å²) in [7, 11) is 0. The van der Waals surface area contributed by atoms with Crippen LogP contribution in [-0.4, -0.2) is 0 Å². The minimum Gasteiger partial charge on any atom is -0.0622 e. The molecule has 0 N–H and O–H groups in total. The Labute approximate surface area is 178 Å². The van der Waals surface area contributed by atoms with E-state index in [-0.39, 0.29) is 0 Å². The SMILES string of the molecule is c1ccc(-c2ccc(-c3cccc(-c4cccc(-c5ccccc5)c4)c3)cc2)cc1. The van der Waals surface area contributed by atoms with Gasteiger partial charge in [-0.1, -0.05) is 121 Å². The van der Waals surface area contributed by atoms with Gasteiger partial charge in [-0.2, -0.15) is 0 Å². The van der Waals surface area contributed by atoms with E-state index in [1.165, 1.54) is 44.5 Å². The monoisotopic (exact) mass is 382 g/mol. The summed E-state index contributed by atoms with van der Waals surface area (Å²) < 4.78 is 0. The van der Waals surface area contributed by atoms with Crippen molar-refractivity contribution < 1.29 is 0 Å². The summed E-state index contributed by atoms with van der Waals surface area (Å²) in [5.41, 5.74) is 9.91. The van der Waals surface area contributed by atoms with Crippen molar-refractivity contribution in [1.82, 2.24) is 0 Å². The second-order valence-corrected chi connectivity index (χ2v) is 7.47. The fourth-order valence-electron chi connectivity index (χ4n) is 3.87. The van der Waals surface area contributed by atoms with Gasteiger partial charge in [-0.3, -0.25) is 0 Å². The van der Waals surface area contributed by atoms with E-state index in [2.05, 4.69) is 133 Å². The van der Waals surface area contributed by atoms with Crippen molar-refractivity contribution in [3.8, 4) is 44.5 Å². The molecule has 0 aliphatic carbocycles. The highest BCUT2D eigenvalue weighted by Gasteiger charge is 2.05. The molecule has 30 heavy (non-hydrogen) atoms. The summed E-state index contributed by atoms with van der Waals surface area (Å²) in [6.07, 6.45) is 0. The van der Waals surface area contributed by atoms with E-state index in [0.717, 1.165) is 0 Å². The van der Waals surface area contributed by atoms with Gasteiger partial charge >= 0.3 is 0 Å². The molecule has 0 nitrogen and oxygen atoms in total. The zero-order chi connectivity index (χ0) is 20.2. The molecular weight excluding hydrogens is 360 g/mol. The Balaban J connectivity index is 1.46. The molecule has 0 aliphatic heterocycles. The van der Waals surface area contributed by atoms with Crippen molar-refractivity contribution in [3.05, 3.63) is 133 Å². The molecule has 0 fully saturated rings. The molecule has 5 rings (SSSR count). The predicted octanol–water partition coefficient (Wildman–Crippen LogP) is 8.35. The smallest absolute Gasteiger partial charge is 0.0178 e. The maximum Gasteiger partial charge on any atom is -0.0178 e. The van der Waals surface area contributed by atoms with Crippen LogP contribution in [0.15, 0.2) is 133 Å². The fraction of sp³-hybridized carbons (Fsp3) is 0. The zero-order valence-corrected chi connectivity index (χ0v) is 16.7. The fourth-order valence-corrected chi connectivity index (χ4v) is 3.87. The lowest BCUT2D eigenvalue weighted by Gasteiger charge is -2.09. The topological polar surface area (TPSA) is 0 Å². The van der Waals surface area contributed by atoms with Crippen LogP contribution in [0.2, 0.25) is 0 Å². The molecule has 0 aliphatic rings. The first kappa shape index (κ1) is 18.1. The van der Waals surface area contributed by atoms with Gasteiger partial charge in [0.05, 0.1) is 0 Å². The molecule has 0 heteroatoms. The van der Waals surface area contributed by atoms with Crippen molar-refractivity contribution >= 4 is 0 Å². The lowest BCUT2D eigenvalue weighted by Crippen LogP contribution is -1.84. The molecule has 0 aromatic heterocycles. The van der Waals surface area contributed by atoms with Crippen LogP contribution >= 0.6 is 0 Å². The summed E-state index contributed by atoms with van der Waals surface area (Å²) in [5, 5.41) is 0. The molecule has 5 aromatic rings. The Morgan fingerprint density at radius 1 is 0.200 bits per heavy atom. The Hall–Kier alpha value is -3.90. The lowest BCUT2D eigenvalue weighted by molar-refractivity contribution is 1.56. The van der Waals surface area contributed by atoms with Crippen LogP contribution in [0.4, 0.5) is 0 Å². The van der Waals surface area contributed by atoms with Gasteiger partial charge in [0.1, 0.15) is 0 Å². The van der Waals surface area contributed by atoms with Gasteiger partial charge in [0.2, 0.25) is 0 Å². The Bertz CT molecular complexity index is 1250. The molecule has 0 amide bonds. The molecule has 0 radical (unpaired) electrons. The Morgan fingerprint density at radius 2 is 0.467 bits per heavy atom. The van der Waals surface area contributed by atoms with Crippen LogP contribution < -0.4 is 0 Å². The van der Waals surface area contributed by atoms with Crippen molar-refractivity contribution in [3.63, 3.8) is 0 Å². The number of rotatable bonds is 4.